The molecule has 0 saturated heterocycles. The molecule has 31 heavy (non-hydrogen) atoms. The molecule has 0 bridgehead atoms. The van der Waals surface area contributed by atoms with Crippen molar-refractivity contribution < 1.29 is 19.0 Å². The molecule has 2 aromatic heterocycles. The number of nitrogens with two attached hydrogens (primary N) is 1. The Balaban J connectivity index is 1.62. The second-order valence-corrected chi connectivity index (χ2v) is 7.47. The van der Waals surface area contributed by atoms with E-state index < -0.39 is 6.08 Å². The smallest absolute Gasteiger partial charge is 0.312 e. The summed E-state index contributed by atoms with van der Waals surface area (Å²) in [5, 5.41) is 9.29. The number of hydrogen-bond donors (Lipinski definition) is 2. The molecule has 0 aliphatic heterocycles. The van der Waals surface area contributed by atoms with Gasteiger partial charge in [0, 0.05) is 5.56 Å². The first-order chi connectivity index (χ1) is 15.0. The number of aromatic nitrogens is 4. The summed E-state index contributed by atoms with van der Waals surface area (Å²) < 4.78 is 27.2. The average molecular weight is 488 g/mol. The van der Waals surface area contributed by atoms with Crippen LogP contribution in [0.2, 0.25) is 0 Å². The fourth-order valence-electron chi connectivity index (χ4n) is 3.23. The zero-order valence-electron chi connectivity index (χ0n) is 16.5. The molecule has 0 fully saturated rings. The number of nitrogens with zero attached hydrogens (tertiary/aromatic N) is 4. The van der Waals surface area contributed by atoms with E-state index in [1.807, 2.05) is 36.4 Å². The van der Waals surface area contributed by atoms with Crippen LogP contribution in [-0.2, 0) is 19.8 Å². The quantitative estimate of drug-likeness (QED) is 0.303. The Hall–Kier alpha value is -3.24. The van der Waals surface area contributed by atoms with Crippen molar-refractivity contribution >= 4 is 32.9 Å². The third kappa shape index (κ3) is 4.44. The Bertz CT molecular complexity index is 1250. The molecule has 2 heterocycles. The number of benzene rings is 2. The molecule has 0 amide bonds. The Morgan fingerprint density at radius 1 is 1.13 bits per heavy atom. The van der Waals surface area contributed by atoms with E-state index in [1.54, 1.807) is 17.7 Å². The number of ether oxygens (including phenoxy) is 2. The standard InChI is InChI=1S/C21H19BrFN5O3/c1-30-16-6-5-12(7-14(16)11-31-15-4-2-3-13(8-15)10-29)9-28-19-17(25-20(28)22)18(24)26-21(23)27-19/h2-8,29H,9-11H2,1H3,(H2,24,26,27). The molecular formula is C21H19BrFN5O3. The van der Waals surface area contributed by atoms with Gasteiger partial charge in [-0.2, -0.15) is 14.4 Å². The lowest BCUT2D eigenvalue weighted by Gasteiger charge is -2.13. The first kappa shape index (κ1) is 21.0. The number of halogens is 2. The van der Waals surface area contributed by atoms with Crippen LogP contribution in [0.25, 0.3) is 11.2 Å². The van der Waals surface area contributed by atoms with E-state index in [4.69, 9.17) is 15.2 Å². The van der Waals surface area contributed by atoms with Crippen molar-refractivity contribution in [1.29, 1.82) is 0 Å². The molecule has 0 aliphatic rings. The fraction of sp³-hybridized carbons (Fsp3) is 0.190. The predicted molar refractivity (Wildman–Crippen MR) is 116 cm³/mol. The highest BCUT2D eigenvalue weighted by molar-refractivity contribution is 9.10. The van der Waals surface area contributed by atoms with Crippen LogP contribution < -0.4 is 15.2 Å². The molecule has 0 spiro atoms. The van der Waals surface area contributed by atoms with Crippen molar-refractivity contribution in [2.75, 3.05) is 12.8 Å². The highest BCUT2D eigenvalue weighted by atomic mass is 79.9. The lowest BCUT2D eigenvalue weighted by atomic mass is 10.1. The summed E-state index contributed by atoms with van der Waals surface area (Å²) in [6.45, 7) is 0.573. The van der Waals surface area contributed by atoms with Crippen LogP contribution >= 0.6 is 15.9 Å². The number of fused-ring (bicyclic) bond motifs is 1. The van der Waals surface area contributed by atoms with Gasteiger partial charge in [-0.1, -0.05) is 18.2 Å². The maximum Gasteiger partial charge on any atom is 0.312 e. The monoisotopic (exact) mass is 487 g/mol. The van der Waals surface area contributed by atoms with Crippen LogP contribution in [0.5, 0.6) is 11.5 Å². The number of anilines is 1. The van der Waals surface area contributed by atoms with Gasteiger partial charge in [-0.15, -0.1) is 0 Å². The second-order valence-electron chi connectivity index (χ2n) is 6.76. The van der Waals surface area contributed by atoms with Gasteiger partial charge < -0.3 is 20.3 Å². The third-order valence-electron chi connectivity index (χ3n) is 4.71. The molecule has 4 aromatic rings. The Labute approximate surface area is 185 Å². The normalized spacial score (nSPS) is 11.1. The van der Waals surface area contributed by atoms with Crippen molar-refractivity contribution in [2.45, 2.75) is 19.8 Å². The predicted octanol–water partition coefficient (Wildman–Crippen LogP) is 3.44. The number of methoxy groups -OCH3 is 1. The average Bonchev–Trinajstić information content (AvgIpc) is 3.08. The highest BCUT2D eigenvalue weighted by Crippen LogP contribution is 2.26. The van der Waals surface area contributed by atoms with Crippen LogP contribution in [0.3, 0.4) is 0 Å². The molecule has 0 saturated carbocycles. The summed E-state index contributed by atoms with van der Waals surface area (Å²) in [6.07, 6.45) is -0.910. The fourth-order valence-corrected chi connectivity index (χ4v) is 3.70. The van der Waals surface area contributed by atoms with Gasteiger partial charge in [-0.05, 0) is 51.3 Å². The van der Waals surface area contributed by atoms with Crippen LogP contribution in [0.15, 0.2) is 47.2 Å². The SMILES string of the molecule is COc1ccc(Cn2c(Br)nc3c(N)nc(F)nc32)cc1COc1cccc(CO)c1. The minimum atomic E-state index is -0.910. The zero-order chi connectivity index (χ0) is 22.0. The van der Waals surface area contributed by atoms with Crippen molar-refractivity contribution in [3.8, 4) is 11.5 Å². The molecule has 0 aliphatic carbocycles. The lowest BCUT2D eigenvalue weighted by Crippen LogP contribution is -2.06. The first-order valence-corrected chi connectivity index (χ1v) is 10.1. The van der Waals surface area contributed by atoms with E-state index in [9.17, 15) is 9.50 Å². The zero-order valence-corrected chi connectivity index (χ0v) is 18.1. The van der Waals surface area contributed by atoms with Crippen molar-refractivity contribution in [2.24, 2.45) is 0 Å². The van der Waals surface area contributed by atoms with E-state index in [0.29, 0.717) is 33.9 Å². The number of rotatable bonds is 7. The second kappa shape index (κ2) is 8.86. The van der Waals surface area contributed by atoms with Crippen LogP contribution in [0, 0.1) is 6.08 Å². The van der Waals surface area contributed by atoms with E-state index in [1.165, 1.54) is 0 Å². The van der Waals surface area contributed by atoms with Crippen molar-refractivity contribution in [1.82, 2.24) is 19.5 Å². The highest BCUT2D eigenvalue weighted by Gasteiger charge is 2.16. The molecule has 0 radical (unpaired) electrons. The molecule has 2 aromatic carbocycles. The maximum absolute atomic E-state index is 13.7. The number of hydrogen-bond acceptors (Lipinski definition) is 7. The summed E-state index contributed by atoms with van der Waals surface area (Å²) in [6, 6.07) is 12.9. The summed E-state index contributed by atoms with van der Waals surface area (Å²) in [5.74, 6) is 1.30. The van der Waals surface area contributed by atoms with Gasteiger partial charge in [0.2, 0.25) is 0 Å². The molecule has 8 nitrogen and oxygen atoms in total. The molecule has 10 heteroatoms. The Morgan fingerprint density at radius 3 is 2.74 bits per heavy atom. The molecule has 0 unspecified atom stereocenters. The van der Waals surface area contributed by atoms with E-state index in [2.05, 4.69) is 30.9 Å². The largest absolute Gasteiger partial charge is 0.496 e. The van der Waals surface area contributed by atoms with Crippen LogP contribution in [0.1, 0.15) is 16.7 Å². The molecule has 0 atom stereocenters. The van der Waals surface area contributed by atoms with Crippen molar-refractivity contribution in [3.63, 3.8) is 0 Å². The number of nitrogen functional groups attached to an aromatic ring is 1. The van der Waals surface area contributed by atoms with E-state index in [-0.39, 0.29) is 19.0 Å². The molecule has 3 N–H and O–H groups in total. The molecular weight excluding hydrogens is 469 g/mol. The van der Waals surface area contributed by atoms with Gasteiger partial charge in [0.25, 0.3) is 0 Å². The van der Waals surface area contributed by atoms with Gasteiger partial charge in [-0.25, -0.2) is 4.98 Å². The van der Waals surface area contributed by atoms with Crippen molar-refractivity contribution in [3.05, 3.63) is 70.0 Å². The van der Waals surface area contributed by atoms with Gasteiger partial charge >= 0.3 is 6.08 Å². The number of aliphatic hydroxyl groups is 1. The van der Waals surface area contributed by atoms with Gasteiger partial charge in [0.05, 0.1) is 20.3 Å². The number of aliphatic hydroxyl groups excluding tert-OH is 1. The van der Waals surface area contributed by atoms with Gasteiger partial charge in [0.1, 0.15) is 18.1 Å². The Kier molecular flexibility index (Phi) is 6.01. The maximum atomic E-state index is 13.7. The molecule has 4 rings (SSSR count). The van der Waals surface area contributed by atoms with Crippen LogP contribution in [-0.4, -0.2) is 31.7 Å². The van der Waals surface area contributed by atoms with E-state index in [0.717, 1.165) is 16.7 Å². The lowest BCUT2D eigenvalue weighted by molar-refractivity contribution is 0.276. The number of imidazole rings is 1. The molecule has 160 valence electrons. The first-order valence-electron chi connectivity index (χ1n) is 9.31. The van der Waals surface area contributed by atoms with Crippen LogP contribution in [0.4, 0.5) is 10.2 Å². The summed E-state index contributed by atoms with van der Waals surface area (Å²) in [5.41, 5.74) is 8.90. The minimum Gasteiger partial charge on any atom is -0.496 e. The van der Waals surface area contributed by atoms with Gasteiger partial charge in [-0.3, -0.25) is 4.57 Å². The van der Waals surface area contributed by atoms with E-state index >= 15 is 0 Å². The topological polar surface area (TPSA) is 108 Å². The Morgan fingerprint density at radius 2 is 1.97 bits per heavy atom. The summed E-state index contributed by atoms with van der Waals surface area (Å²) >= 11 is 3.38. The minimum absolute atomic E-state index is 0.0177. The summed E-state index contributed by atoms with van der Waals surface area (Å²) in [4.78, 5) is 11.7. The summed E-state index contributed by atoms with van der Waals surface area (Å²) in [7, 11) is 1.59. The van der Waals surface area contributed by atoms with Gasteiger partial charge in [0.15, 0.2) is 21.7 Å². The third-order valence-corrected chi connectivity index (χ3v) is 5.31.